The number of hydrogen-bond acceptors (Lipinski definition) is 5. The van der Waals surface area contributed by atoms with Gasteiger partial charge in [0.25, 0.3) is 0 Å². The fourth-order valence-corrected chi connectivity index (χ4v) is 1.47. The Bertz CT molecular complexity index is 457. The van der Waals surface area contributed by atoms with Crippen molar-refractivity contribution in [2.75, 3.05) is 31.8 Å². The molecule has 0 aliphatic carbocycles. The molecule has 3 N–H and O–H groups in total. The van der Waals surface area contributed by atoms with Gasteiger partial charge in [0, 0.05) is 25.5 Å². The molecule has 0 radical (unpaired) electrons. The van der Waals surface area contributed by atoms with Crippen LogP contribution >= 0.6 is 0 Å². The third-order valence-electron chi connectivity index (χ3n) is 2.33. The molecule has 0 aliphatic rings. The first-order valence-electron chi connectivity index (χ1n) is 4.90. The van der Waals surface area contributed by atoms with Crippen LogP contribution in [0.1, 0.15) is 20.7 Å². The molecule has 0 heterocycles. The maximum absolute atomic E-state index is 11.5. The number of nitrogens with one attached hydrogen (secondary N) is 2. The standard InChI is InChI=1S/C11H14N2O4/c1-12-8-5-7(11(16)17-3)9(13-2)4-6(8)10(14)15/h4-5,12-13H,1-3H3,(H,14,15). The molecule has 0 bridgehead atoms. The Morgan fingerprint density at radius 1 is 1.12 bits per heavy atom. The molecule has 0 spiro atoms. The molecule has 92 valence electrons. The molecule has 1 rings (SSSR count). The minimum absolute atomic E-state index is 0.0875. The minimum Gasteiger partial charge on any atom is -0.478 e. The fourth-order valence-electron chi connectivity index (χ4n) is 1.47. The Morgan fingerprint density at radius 3 is 2.00 bits per heavy atom. The predicted molar refractivity (Wildman–Crippen MR) is 63.8 cm³/mol. The molecule has 0 amide bonds. The highest BCUT2D eigenvalue weighted by atomic mass is 16.5. The number of ether oxygens (including phenoxy) is 1. The highest BCUT2D eigenvalue weighted by Crippen LogP contribution is 2.25. The summed E-state index contributed by atoms with van der Waals surface area (Å²) in [6.07, 6.45) is 0. The van der Waals surface area contributed by atoms with Gasteiger partial charge in [-0.05, 0) is 12.1 Å². The van der Waals surface area contributed by atoms with E-state index in [0.29, 0.717) is 11.4 Å². The smallest absolute Gasteiger partial charge is 0.340 e. The van der Waals surface area contributed by atoms with Gasteiger partial charge < -0.3 is 20.5 Å². The maximum Gasteiger partial charge on any atom is 0.340 e. The van der Waals surface area contributed by atoms with Crippen molar-refractivity contribution in [3.8, 4) is 0 Å². The van der Waals surface area contributed by atoms with E-state index in [4.69, 9.17) is 5.11 Å². The summed E-state index contributed by atoms with van der Waals surface area (Å²) < 4.78 is 4.62. The molecule has 0 aliphatic heterocycles. The van der Waals surface area contributed by atoms with Gasteiger partial charge in [0.15, 0.2) is 0 Å². The normalized spacial score (nSPS) is 9.59. The van der Waals surface area contributed by atoms with Crippen LogP contribution in [0, 0.1) is 0 Å². The van der Waals surface area contributed by atoms with Gasteiger partial charge >= 0.3 is 11.9 Å². The molecule has 0 aromatic heterocycles. The molecule has 1 aromatic carbocycles. The molecule has 0 fully saturated rings. The highest BCUT2D eigenvalue weighted by Gasteiger charge is 2.18. The zero-order chi connectivity index (χ0) is 13.0. The van der Waals surface area contributed by atoms with Crippen molar-refractivity contribution in [2.24, 2.45) is 0 Å². The first kappa shape index (κ1) is 12.8. The second-order valence-electron chi connectivity index (χ2n) is 3.24. The van der Waals surface area contributed by atoms with Crippen LogP contribution in [-0.4, -0.2) is 38.3 Å². The number of methoxy groups -OCH3 is 1. The van der Waals surface area contributed by atoms with Gasteiger partial charge in [0.05, 0.1) is 18.2 Å². The number of carbonyl (C=O) groups is 2. The van der Waals surface area contributed by atoms with Crippen molar-refractivity contribution in [1.82, 2.24) is 0 Å². The van der Waals surface area contributed by atoms with Gasteiger partial charge in [-0.15, -0.1) is 0 Å². The number of benzene rings is 1. The quantitative estimate of drug-likeness (QED) is 0.684. The van der Waals surface area contributed by atoms with E-state index in [0.717, 1.165) is 0 Å². The maximum atomic E-state index is 11.5. The second kappa shape index (κ2) is 5.20. The Balaban J connectivity index is 3.43. The largest absolute Gasteiger partial charge is 0.478 e. The summed E-state index contributed by atoms with van der Waals surface area (Å²) >= 11 is 0. The summed E-state index contributed by atoms with van der Waals surface area (Å²) in [5, 5.41) is 14.5. The van der Waals surface area contributed by atoms with E-state index in [1.807, 2.05) is 0 Å². The van der Waals surface area contributed by atoms with E-state index in [1.165, 1.54) is 19.2 Å². The van der Waals surface area contributed by atoms with Crippen molar-refractivity contribution in [3.63, 3.8) is 0 Å². The van der Waals surface area contributed by atoms with Crippen LogP contribution in [0.2, 0.25) is 0 Å². The highest BCUT2D eigenvalue weighted by molar-refractivity contribution is 6.02. The fraction of sp³-hybridized carbons (Fsp3) is 0.273. The predicted octanol–water partition coefficient (Wildman–Crippen LogP) is 1.25. The van der Waals surface area contributed by atoms with Crippen LogP contribution in [-0.2, 0) is 4.74 Å². The number of esters is 1. The third-order valence-corrected chi connectivity index (χ3v) is 2.33. The van der Waals surface area contributed by atoms with E-state index in [1.54, 1.807) is 14.1 Å². The Hall–Kier alpha value is -2.24. The van der Waals surface area contributed by atoms with E-state index in [-0.39, 0.29) is 11.1 Å². The summed E-state index contributed by atoms with van der Waals surface area (Å²) in [7, 11) is 4.46. The Labute approximate surface area is 98.6 Å². The number of anilines is 2. The van der Waals surface area contributed by atoms with Crippen LogP contribution in [0.5, 0.6) is 0 Å². The summed E-state index contributed by atoms with van der Waals surface area (Å²) in [5.41, 5.74) is 1.14. The zero-order valence-corrected chi connectivity index (χ0v) is 9.83. The summed E-state index contributed by atoms with van der Waals surface area (Å²) in [6, 6.07) is 2.83. The number of carbonyl (C=O) groups excluding carboxylic acids is 1. The number of rotatable bonds is 4. The van der Waals surface area contributed by atoms with Crippen molar-refractivity contribution in [2.45, 2.75) is 0 Å². The van der Waals surface area contributed by atoms with Gasteiger partial charge in [-0.1, -0.05) is 0 Å². The zero-order valence-electron chi connectivity index (χ0n) is 9.83. The van der Waals surface area contributed by atoms with Gasteiger partial charge in [0.1, 0.15) is 0 Å². The van der Waals surface area contributed by atoms with Crippen LogP contribution in [0.4, 0.5) is 11.4 Å². The van der Waals surface area contributed by atoms with Gasteiger partial charge in [-0.2, -0.15) is 0 Å². The van der Waals surface area contributed by atoms with E-state index >= 15 is 0 Å². The van der Waals surface area contributed by atoms with Crippen LogP contribution in [0.15, 0.2) is 12.1 Å². The minimum atomic E-state index is -1.07. The number of hydrogen-bond donors (Lipinski definition) is 3. The van der Waals surface area contributed by atoms with Gasteiger partial charge in [-0.3, -0.25) is 0 Å². The molecule has 6 nitrogen and oxygen atoms in total. The number of carboxylic acids is 1. The molecular formula is C11H14N2O4. The van der Waals surface area contributed by atoms with E-state index < -0.39 is 11.9 Å². The molecule has 0 saturated carbocycles. The Morgan fingerprint density at radius 2 is 1.59 bits per heavy atom. The topological polar surface area (TPSA) is 87.7 Å². The lowest BCUT2D eigenvalue weighted by molar-refractivity contribution is 0.0600. The van der Waals surface area contributed by atoms with Crippen molar-refractivity contribution < 1.29 is 19.4 Å². The molecule has 6 heteroatoms. The first-order chi connectivity index (χ1) is 8.04. The summed E-state index contributed by atoms with van der Waals surface area (Å²) in [4.78, 5) is 22.5. The summed E-state index contributed by atoms with van der Waals surface area (Å²) in [5.74, 6) is -1.59. The third kappa shape index (κ3) is 2.47. The second-order valence-corrected chi connectivity index (χ2v) is 3.24. The lowest BCUT2D eigenvalue weighted by Gasteiger charge is -2.12. The molecular weight excluding hydrogens is 224 g/mol. The number of aromatic carboxylic acids is 1. The first-order valence-corrected chi connectivity index (χ1v) is 4.90. The molecule has 17 heavy (non-hydrogen) atoms. The lowest BCUT2D eigenvalue weighted by atomic mass is 10.1. The Kier molecular flexibility index (Phi) is 3.92. The van der Waals surface area contributed by atoms with Crippen LogP contribution < -0.4 is 10.6 Å². The monoisotopic (exact) mass is 238 g/mol. The van der Waals surface area contributed by atoms with Gasteiger partial charge in [0.2, 0.25) is 0 Å². The van der Waals surface area contributed by atoms with Crippen LogP contribution in [0.3, 0.4) is 0 Å². The van der Waals surface area contributed by atoms with Crippen molar-refractivity contribution >= 4 is 23.3 Å². The lowest BCUT2D eigenvalue weighted by Crippen LogP contribution is -2.10. The molecule has 0 saturated heterocycles. The molecule has 0 unspecified atom stereocenters. The average Bonchev–Trinajstić information content (AvgIpc) is 2.35. The SMILES string of the molecule is CNc1cc(C(=O)OC)c(NC)cc1C(=O)O. The van der Waals surface area contributed by atoms with Crippen molar-refractivity contribution in [1.29, 1.82) is 0 Å². The number of carboxylic acid groups (broad SMARTS) is 1. The van der Waals surface area contributed by atoms with E-state index in [9.17, 15) is 9.59 Å². The van der Waals surface area contributed by atoms with Crippen LogP contribution in [0.25, 0.3) is 0 Å². The van der Waals surface area contributed by atoms with Crippen molar-refractivity contribution in [3.05, 3.63) is 23.3 Å². The molecule has 1 aromatic rings. The van der Waals surface area contributed by atoms with E-state index in [2.05, 4.69) is 15.4 Å². The molecule has 0 atom stereocenters. The summed E-state index contributed by atoms with van der Waals surface area (Å²) in [6.45, 7) is 0. The average molecular weight is 238 g/mol. The van der Waals surface area contributed by atoms with Gasteiger partial charge in [-0.25, -0.2) is 9.59 Å².